The molecule has 158 valence electrons. The normalized spacial score (nSPS) is 13.4. The van der Waals surface area contributed by atoms with Gasteiger partial charge >= 0.3 is 0 Å². The maximum atomic E-state index is 12.9. The largest absolute Gasteiger partial charge is 0.495 e. The van der Waals surface area contributed by atoms with E-state index in [2.05, 4.69) is 5.32 Å². The molecule has 29 heavy (non-hydrogen) atoms. The number of aryl methyl sites for hydroxylation is 1. The molecule has 0 aromatic heterocycles. The number of hydrogen-bond acceptors (Lipinski definition) is 4. The summed E-state index contributed by atoms with van der Waals surface area (Å²) in [5, 5.41) is 3.22. The third-order valence-corrected chi connectivity index (χ3v) is 6.22. The van der Waals surface area contributed by atoms with E-state index in [1.165, 1.54) is 13.2 Å². The first kappa shape index (κ1) is 23.0. The minimum Gasteiger partial charge on any atom is -0.495 e. The number of nitrogens with zero attached hydrogens (tertiary/aromatic N) is 1. The fourth-order valence-electron chi connectivity index (χ4n) is 3.11. The zero-order valence-electron chi connectivity index (χ0n) is 17.3. The van der Waals surface area contributed by atoms with E-state index >= 15 is 0 Å². The van der Waals surface area contributed by atoms with Crippen molar-refractivity contribution in [1.82, 2.24) is 5.32 Å². The molecule has 2 atom stereocenters. The molecule has 2 aromatic rings. The van der Waals surface area contributed by atoms with Gasteiger partial charge < -0.3 is 10.1 Å². The highest BCUT2D eigenvalue weighted by Crippen LogP contribution is 2.31. The minimum absolute atomic E-state index is 0.216. The quantitative estimate of drug-likeness (QED) is 0.673. The molecule has 2 aromatic carbocycles. The number of carbonyl (C=O) groups excluding carboxylic acids is 1. The summed E-state index contributed by atoms with van der Waals surface area (Å²) >= 11 is 6.16. The van der Waals surface area contributed by atoms with E-state index in [0.29, 0.717) is 17.9 Å². The standard InChI is InChI=1S/C21H27ClN2O4S/c1-6-19(16-9-7-14(2)8-10-16)23-21(25)15(3)24(29(5,26)27)17-11-12-20(28-4)18(22)13-17/h7-13,15,19H,6H2,1-5H3,(H,23,25)/t15-,19+/m1/s1. The molecule has 8 heteroatoms. The molecular weight excluding hydrogens is 412 g/mol. The zero-order chi connectivity index (χ0) is 21.8. The minimum atomic E-state index is -3.74. The van der Waals surface area contributed by atoms with Crippen molar-refractivity contribution in [2.24, 2.45) is 0 Å². The fraction of sp³-hybridized carbons (Fsp3) is 0.381. The van der Waals surface area contributed by atoms with Crippen LogP contribution in [0, 0.1) is 6.92 Å². The van der Waals surface area contributed by atoms with Gasteiger partial charge in [-0.25, -0.2) is 8.42 Å². The van der Waals surface area contributed by atoms with Crippen LogP contribution in [0.15, 0.2) is 42.5 Å². The number of rotatable bonds is 8. The first-order valence-corrected chi connectivity index (χ1v) is 11.5. The van der Waals surface area contributed by atoms with Crippen molar-refractivity contribution >= 4 is 33.2 Å². The van der Waals surface area contributed by atoms with Gasteiger partial charge in [0.1, 0.15) is 11.8 Å². The summed E-state index contributed by atoms with van der Waals surface area (Å²) in [6, 6.07) is 11.3. The molecule has 0 aliphatic carbocycles. The zero-order valence-corrected chi connectivity index (χ0v) is 18.8. The van der Waals surface area contributed by atoms with Crippen molar-refractivity contribution in [3.63, 3.8) is 0 Å². The molecule has 2 rings (SSSR count). The van der Waals surface area contributed by atoms with Crippen LogP contribution in [0.5, 0.6) is 5.75 Å². The third-order valence-electron chi connectivity index (χ3n) is 4.68. The Labute approximate surface area is 177 Å². The summed E-state index contributed by atoms with van der Waals surface area (Å²) in [4.78, 5) is 12.9. The van der Waals surface area contributed by atoms with E-state index in [1.807, 2.05) is 38.1 Å². The monoisotopic (exact) mass is 438 g/mol. The summed E-state index contributed by atoms with van der Waals surface area (Å²) < 4.78 is 31.1. The van der Waals surface area contributed by atoms with E-state index < -0.39 is 22.0 Å². The maximum Gasteiger partial charge on any atom is 0.244 e. The molecule has 0 unspecified atom stereocenters. The summed E-state index contributed by atoms with van der Waals surface area (Å²) in [6.07, 6.45) is 1.74. The Morgan fingerprint density at radius 2 is 1.83 bits per heavy atom. The third kappa shape index (κ3) is 5.64. The number of benzene rings is 2. The Kier molecular flexibility index (Phi) is 7.54. The van der Waals surface area contributed by atoms with Crippen LogP contribution in [-0.4, -0.2) is 33.7 Å². The van der Waals surface area contributed by atoms with Crippen molar-refractivity contribution in [3.8, 4) is 5.75 Å². The highest BCUT2D eigenvalue weighted by atomic mass is 35.5. The molecule has 0 saturated heterocycles. The SMILES string of the molecule is CC[C@H](NC(=O)[C@@H](C)N(c1ccc(OC)c(Cl)c1)S(C)(=O)=O)c1ccc(C)cc1. The van der Waals surface area contributed by atoms with Crippen LogP contribution in [0.4, 0.5) is 5.69 Å². The topological polar surface area (TPSA) is 75.7 Å². The molecule has 1 N–H and O–H groups in total. The van der Waals surface area contributed by atoms with Gasteiger partial charge in [0.25, 0.3) is 0 Å². The van der Waals surface area contributed by atoms with Crippen LogP contribution in [0.3, 0.4) is 0 Å². The second-order valence-corrected chi connectivity index (χ2v) is 9.20. The van der Waals surface area contributed by atoms with Gasteiger partial charge in [-0.3, -0.25) is 9.10 Å². The van der Waals surface area contributed by atoms with Gasteiger partial charge in [-0.2, -0.15) is 0 Å². The molecular formula is C21H27ClN2O4S. The van der Waals surface area contributed by atoms with Crippen LogP contribution < -0.4 is 14.4 Å². The van der Waals surface area contributed by atoms with E-state index in [4.69, 9.17) is 16.3 Å². The Morgan fingerprint density at radius 1 is 1.21 bits per heavy atom. The first-order chi connectivity index (χ1) is 13.6. The van der Waals surface area contributed by atoms with Gasteiger partial charge in [0.05, 0.1) is 30.1 Å². The lowest BCUT2D eigenvalue weighted by atomic mass is 10.0. The number of ether oxygens (including phenoxy) is 1. The fourth-order valence-corrected chi connectivity index (χ4v) is 4.53. The molecule has 0 fully saturated rings. The average Bonchev–Trinajstić information content (AvgIpc) is 2.65. The number of anilines is 1. The molecule has 0 radical (unpaired) electrons. The van der Waals surface area contributed by atoms with Crippen molar-refractivity contribution in [2.45, 2.75) is 39.3 Å². The lowest BCUT2D eigenvalue weighted by Crippen LogP contribution is -2.48. The van der Waals surface area contributed by atoms with Crippen molar-refractivity contribution < 1.29 is 17.9 Å². The molecule has 0 aliphatic rings. The van der Waals surface area contributed by atoms with Gasteiger partial charge in [0.15, 0.2) is 0 Å². The number of hydrogen-bond donors (Lipinski definition) is 1. The van der Waals surface area contributed by atoms with E-state index in [9.17, 15) is 13.2 Å². The second kappa shape index (κ2) is 9.50. The number of nitrogens with one attached hydrogen (secondary N) is 1. The number of sulfonamides is 1. The summed E-state index contributed by atoms with van der Waals surface area (Å²) in [7, 11) is -2.26. The van der Waals surface area contributed by atoms with Crippen LogP contribution in [0.25, 0.3) is 0 Å². The first-order valence-electron chi connectivity index (χ1n) is 9.28. The van der Waals surface area contributed by atoms with Gasteiger partial charge in [-0.05, 0) is 44.0 Å². The number of halogens is 1. The van der Waals surface area contributed by atoms with Crippen molar-refractivity contribution in [1.29, 1.82) is 0 Å². The summed E-state index contributed by atoms with van der Waals surface area (Å²) in [6.45, 7) is 5.51. The van der Waals surface area contributed by atoms with Crippen LogP contribution in [0.2, 0.25) is 5.02 Å². The molecule has 6 nitrogen and oxygen atoms in total. The molecule has 1 amide bonds. The van der Waals surface area contributed by atoms with Crippen LogP contribution in [0.1, 0.15) is 37.4 Å². The van der Waals surface area contributed by atoms with Crippen molar-refractivity contribution in [2.75, 3.05) is 17.7 Å². The molecule has 0 aliphatic heterocycles. The smallest absolute Gasteiger partial charge is 0.244 e. The predicted octanol–water partition coefficient (Wildman–Crippen LogP) is 4.08. The lowest BCUT2D eigenvalue weighted by Gasteiger charge is -2.30. The van der Waals surface area contributed by atoms with Gasteiger partial charge in [-0.1, -0.05) is 48.4 Å². The lowest BCUT2D eigenvalue weighted by molar-refractivity contribution is -0.122. The molecule has 0 bridgehead atoms. The van der Waals surface area contributed by atoms with Crippen LogP contribution >= 0.6 is 11.6 Å². The number of amides is 1. The molecule has 0 saturated carbocycles. The number of methoxy groups -OCH3 is 1. The van der Waals surface area contributed by atoms with Crippen molar-refractivity contribution in [3.05, 3.63) is 58.6 Å². The highest BCUT2D eigenvalue weighted by Gasteiger charge is 2.30. The van der Waals surface area contributed by atoms with Gasteiger partial charge in [0, 0.05) is 0 Å². The summed E-state index contributed by atoms with van der Waals surface area (Å²) in [5.41, 5.74) is 2.39. The predicted molar refractivity (Wildman–Crippen MR) is 117 cm³/mol. The molecule has 0 heterocycles. The Morgan fingerprint density at radius 3 is 2.31 bits per heavy atom. The Balaban J connectivity index is 2.31. The van der Waals surface area contributed by atoms with Gasteiger partial charge in [-0.15, -0.1) is 0 Å². The van der Waals surface area contributed by atoms with E-state index in [1.54, 1.807) is 19.1 Å². The Bertz CT molecular complexity index is 961. The molecule has 0 spiro atoms. The average molecular weight is 439 g/mol. The van der Waals surface area contributed by atoms with Crippen LogP contribution in [-0.2, 0) is 14.8 Å². The van der Waals surface area contributed by atoms with Gasteiger partial charge in [0.2, 0.25) is 15.9 Å². The highest BCUT2D eigenvalue weighted by molar-refractivity contribution is 7.92. The number of carbonyl (C=O) groups is 1. The second-order valence-electron chi connectivity index (χ2n) is 6.93. The summed E-state index contributed by atoms with van der Waals surface area (Å²) in [5.74, 6) is 0.0289. The van der Waals surface area contributed by atoms with E-state index in [-0.39, 0.29) is 11.1 Å². The maximum absolute atomic E-state index is 12.9. The van der Waals surface area contributed by atoms with E-state index in [0.717, 1.165) is 21.7 Å². The Hall–Kier alpha value is -2.25.